The largest absolute Gasteiger partial charge is 0.0990 e. The van der Waals surface area contributed by atoms with Crippen molar-refractivity contribution in [3.8, 4) is 0 Å². The van der Waals surface area contributed by atoms with Crippen molar-refractivity contribution in [1.82, 2.24) is 0 Å². The number of hydrogen-bond donors (Lipinski definition) is 0. The SMILES string of the molecule is C=C1CCC2C=C(I)C=CC12C. The van der Waals surface area contributed by atoms with Crippen molar-refractivity contribution in [2.75, 3.05) is 0 Å². The molecule has 0 aliphatic heterocycles. The van der Waals surface area contributed by atoms with Crippen LogP contribution in [0.1, 0.15) is 19.8 Å². The zero-order valence-electron chi connectivity index (χ0n) is 7.31. The van der Waals surface area contributed by atoms with E-state index in [-0.39, 0.29) is 5.41 Å². The molecule has 0 saturated heterocycles. The van der Waals surface area contributed by atoms with E-state index in [0.717, 1.165) is 0 Å². The Hall–Kier alpha value is -0.0500. The van der Waals surface area contributed by atoms with E-state index in [1.165, 1.54) is 22.0 Å². The van der Waals surface area contributed by atoms with Crippen LogP contribution in [0.3, 0.4) is 0 Å². The highest BCUT2D eigenvalue weighted by Gasteiger charge is 2.39. The van der Waals surface area contributed by atoms with Crippen molar-refractivity contribution in [1.29, 1.82) is 0 Å². The van der Waals surface area contributed by atoms with Crippen molar-refractivity contribution in [2.24, 2.45) is 11.3 Å². The Labute approximate surface area is 87.6 Å². The third-order valence-electron chi connectivity index (χ3n) is 3.24. The van der Waals surface area contributed by atoms with E-state index in [1.54, 1.807) is 0 Å². The van der Waals surface area contributed by atoms with Crippen LogP contribution in [0.5, 0.6) is 0 Å². The van der Waals surface area contributed by atoms with Gasteiger partial charge in [0.25, 0.3) is 0 Å². The number of halogens is 1. The van der Waals surface area contributed by atoms with E-state index in [1.807, 2.05) is 0 Å². The molecule has 2 rings (SSSR count). The van der Waals surface area contributed by atoms with Crippen LogP contribution in [-0.4, -0.2) is 0 Å². The van der Waals surface area contributed by atoms with Gasteiger partial charge in [-0.15, -0.1) is 0 Å². The lowest BCUT2D eigenvalue weighted by Crippen LogP contribution is -2.20. The van der Waals surface area contributed by atoms with Crippen molar-refractivity contribution >= 4 is 22.6 Å². The Kier molecular flexibility index (Phi) is 1.94. The van der Waals surface area contributed by atoms with Crippen molar-refractivity contribution in [3.05, 3.63) is 34.0 Å². The molecule has 0 amide bonds. The molecule has 0 aromatic rings. The molecule has 2 unspecified atom stereocenters. The van der Waals surface area contributed by atoms with Gasteiger partial charge in [-0.3, -0.25) is 0 Å². The third kappa shape index (κ3) is 1.10. The molecule has 0 radical (unpaired) electrons. The Balaban J connectivity index is 2.40. The molecule has 0 heterocycles. The summed E-state index contributed by atoms with van der Waals surface area (Å²) in [4.78, 5) is 0. The van der Waals surface area contributed by atoms with Gasteiger partial charge in [-0.25, -0.2) is 0 Å². The lowest BCUT2D eigenvalue weighted by Gasteiger charge is -2.30. The minimum Gasteiger partial charge on any atom is -0.0990 e. The first-order valence-electron chi connectivity index (χ1n) is 4.38. The smallest absolute Gasteiger partial charge is 0.0126 e. The summed E-state index contributed by atoms with van der Waals surface area (Å²) < 4.78 is 1.38. The Morgan fingerprint density at radius 1 is 1.67 bits per heavy atom. The average Bonchev–Trinajstić information content (AvgIpc) is 2.31. The minimum atomic E-state index is 0.272. The van der Waals surface area contributed by atoms with Gasteiger partial charge in [-0.1, -0.05) is 37.3 Å². The molecule has 1 fully saturated rings. The van der Waals surface area contributed by atoms with E-state index in [2.05, 4.69) is 54.3 Å². The fourth-order valence-corrected chi connectivity index (χ4v) is 2.77. The van der Waals surface area contributed by atoms with Crippen molar-refractivity contribution in [2.45, 2.75) is 19.8 Å². The monoisotopic (exact) mass is 272 g/mol. The lowest BCUT2D eigenvalue weighted by atomic mass is 9.75. The normalized spacial score (nSPS) is 39.7. The summed E-state index contributed by atoms with van der Waals surface area (Å²) in [7, 11) is 0. The van der Waals surface area contributed by atoms with Gasteiger partial charge in [0.15, 0.2) is 0 Å². The van der Waals surface area contributed by atoms with E-state index in [4.69, 9.17) is 0 Å². The van der Waals surface area contributed by atoms with Crippen molar-refractivity contribution in [3.63, 3.8) is 0 Å². The summed E-state index contributed by atoms with van der Waals surface area (Å²) in [6.45, 7) is 6.46. The number of rotatable bonds is 0. The summed E-state index contributed by atoms with van der Waals surface area (Å²) in [5, 5.41) is 0. The summed E-state index contributed by atoms with van der Waals surface area (Å²) >= 11 is 2.39. The topological polar surface area (TPSA) is 0 Å². The summed E-state index contributed by atoms with van der Waals surface area (Å²) in [6.07, 6.45) is 9.42. The molecule has 12 heavy (non-hydrogen) atoms. The molecule has 2 aliphatic carbocycles. The maximum Gasteiger partial charge on any atom is 0.0126 e. The van der Waals surface area contributed by atoms with E-state index >= 15 is 0 Å². The molecule has 0 nitrogen and oxygen atoms in total. The molecule has 0 N–H and O–H groups in total. The zero-order chi connectivity index (χ0) is 8.77. The third-order valence-corrected chi connectivity index (χ3v) is 3.96. The molecule has 0 spiro atoms. The second kappa shape index (κ2) is 2.72. The molecule has 0 bridgehead atoms. The van der Waals surface area contributed by atoms with Gasteiger partial charge < -0.3 is 0 Å². The van der Waals surface area contributed by atoms with Gasteiger partial charge in [0, 0.05) is 8.99 Å². The molecular weight excluding hydrogens is 259 g/mol. The maximum absolute atomic E-state index is 4.15. The van der Waals surface area contributed by atoms with Gasteiger partial charge in [0.2, 0.25) is 0 Å². The van der Waals surface area contributed by atoms with Crippen LogP contribution in [-0.2, 0) is 0 Å². The number of hydrogen-bond acceptors (Lipinski definition) is 0. The quantitative estimate of drug-likeness (QED) is 0.464. The zero-order valence-corrected chi connectivity index (χ0v) is 9.47. The molecular formula is C11H13I. The van der Waals surface area contributed by atoms with E-state index < -0.39 is 0 Å². The van der Waals surface area contributed by atoms with Crippen LogP contribution in [0.25, 0.3) is 0 Å². The second-order valence-electron chi connectivity index (χ2n) is 3.92. The van der Waals surface area contributed by atoms with Crippen LogP contribution < -0.4 is 0 Å². The molecule has 0 aromatic heterocycles. The number of allylic oxidation sites excluding steroid dienone is 5. The van der Waals surface area contributed by atoms with Gasteiger partial charge >= 0.3 is 0 Å². The minimum absolute atomic E-state index is 0.272. The fraction of sp³-hybridized carbons (Fsp3) is 0.455. The maximum atomic E-state index is 4.15. The Bertz CT molecular complexity index is 285. The molecule has 2 atom stereocenters. The highest BCUT2D eigenvalue weighted by atomic mass is 127. The van der Waals surface area contributed by atoms with Crippen LogP contribution in [0.15, 0.2) is 34.0 Å². The first-order chi connectivity index (χ1) is 5.63. The first-order valence-corrected chi connectivity index (χ1v) is 5.45. The van der Waals surface area contributed by atoms with Crippen LogP contribution in [0.2, 0.25) is 0 Å². The summed E-state index contributed by atoms with van der Waals surface area (Å²) in [6, 6.07) is 0. The molecule has 1 saturated carbocycles. The van der Waals surface area contributed by atoms with Gasteiger partial charge in [-0.2, -0.15) is 0 Å². The second-order valence-corrected chi connectivity index (χ2v) is 5.16. The van der Waals surface area contributed by atoms with Crippen molar-refractivity contribution < 1.29 is 0 Å². The summed E-state index contributed by atoms with van der Waals surface area (Å²) in [5.41, 5.74) is 1.68. The van der Waals surface area contributed by atoms with Crippen LogP contribution in [0.4, 0.5) is 0 Å². The lowest BCUT2D eigenvalue weighted by molar-refractivity contribution is 0.418. The molecule has 0 aromatic carbocycles. The molecule has 2 aliphatic rings. The predicted octanol–water partition coefficient (Wildman–Crippen LogP) is 3.85. The molecule has 64 valence electrons. The molecule has 1 heteroatoms. The first kappa shape index (κ1) is 8.54. The Morgan fingerprint density at radius 2 is 2.42 bits per heavy atom. The van der Waals surface area contributed by atoms with Gasteiger partial charge in [0.1, 0.15) is 0 Å². The predicted molar refractivity (Wildman–Crippen MR) is 61.2 cm³/mol. The fourth-order valence-electron chi connectivity index (χ4n) is 2.16. The van der Waals surface area contributed by atoms with Crippen LogP contribution >= 0.6 is 22.6 Å². The average molecular weight is 272 g/mol. The van der Waals surface area contributed by atoms with Gasteiger partial charge in [0.05, 0.1) is 0 Å². The standard InChI is InChI=1S/C11H13I/c1-8-3-4-9-7-10(12)5-6-11(8,9)2/h5-7,9H,1,3-4H2,2H3. The number of fused-ring (bicyclic) bond motifs is 1. The highest BCUT2D eigenvalue weighted by molar-refractivity contribution is 14.1. The summed E-state index contributed by atoms with van der Waals surface area (Å²) in [5.74, 6) is 0.710. The van der Waals surface area contributed by atoms with E-state index in [9.17, 15) is 0 Å². The van der Waals surface area contributed by atoms with Crippen LogP contribution in [0, 0.1) is 11.3 Å². The Morgan fingerprint density at radius 3 is 3.17 bits per heavy atom. The highest BCUT2D eigenvalue weighted by Crippen LogP contribution is 2.51. The van der Waals surface area contributed by atoms with E-state index in [0.29, 0.717) is 5.92 Å². The van der Waals surface area contributed by atoms with Gasteiger partial charge in [-0.05, 0) is 41.4 Å².